The summed E-state index contributed by atoms with van der Waals surface area (Å²) in [6, 6.07) is 21.0. The van der Waals surface area contributed by atoms with Gasteiger partial charge in [0.2, 0.25) is 5.91 Å². The van der Waals surface area contributed by atoms with Crippen LogP contribution in [0, 0.1) is 0 Å². The Balaban J connectivity index is 1.52. The first kappa shape index (κ1) is 20.7. The molecule has 0 radical (unpaired) electrons. The second-order valence-electron chi connectivity index (χ2n) is 7.85. The van der Waals surface area contributed by atoms with Crippen molar-refractivity contribution in [1.29, 1.82) is 0 Å². The zero-order valence-electron chi connectivity index (χ0n) is 17.4. The highest BCUT2D eigenvalue weighted by atomic mass is 32.2. The Morgan fingerprint density at radius 3 is 2.40 bits per heavy atom. The fraction of sp³-hybridized carbons (Fsp3) is 0.375. The van der Waals surface area contributed by atoms with Crippen LogP contribution in [-0.2, 0) is 17.8 Å². The van der Waals surface area contributed by atoms with E-state index in [0.717, 1.165) is 36.8 Å². The Morgan fingerprint density at radius 2 is 1.70 bits per heavy atom. The van der Waals surface area contributed by atoms with E-state index in [4.69, 9.17) is 0 Å². The molecule has 5 nitrogen and oxygen atoms in total. The van der Waals surface area contributed by atoms with E-state index < -0.39 is 0 Å². The summed E-state index contributed by atoms with van der Waals surface area (Å²) in [5.41, 5.74) is 2.40. The van der Waals surface area contributed by atoms with Gasteiger partial charge in [-0.2, -0.15) is 0 Å². The summed E-state index contributed by atoms with van der Waals surface area (Å²) in [4.78, 5) is 14.8. The first-order valence-electron chi connectivity index (χ1n) is 10.6. The molecule has 1 atom stereocenters. The lowest BCUT2D eigenvalue weighted by atomic mass is 10.0. The molecular formula is C24H28N4OS. The van der Waals surface area contributed by atoms with Gasteiger partial charge in [-0.05, 0) is 37.3 Å². The van der Waals surface area contributed by atoms with Crippen molar-refractivity contribution in [2.45, 2.75) is 50.4 Å². The number of likely N-dealkylation sites (tertiary alicyclic amines) is 1. The van der Waals surface area contributed by atoms with Crippen molar-refractivity contribution in [3.8, 4) is 0 Å². The third-order valence-electron chi connectivity index (χ3n) is 5.63. The van der Waals surface area contributed by atoms with E-state index in [1.165, 1.54) is 29.3 Å². The number of nitrogens with zero attached hydrogens (tertiary/aromatic N) is 4. The number of rotatable bonds is 7. The summed E-state index contributed by atoms with van der Waals surface area (Å²) in [5.74, 6) is 1.53. The normalized spacial score (nSPS) is 16.6. The van der Waals surface area contributed by atoms with Crippen LogP contribution >= 0.6 is 11.8 Å². The number of amides is 1. The molecule has 30 heavy (non-hydrogen) atoms. The highest BCUT2D eigenvalue weighted by Crippen LogP contribution is 2.23. The number of thioether (sulfide) groups is 1. The maximum atomic E-state index is 12.8. The van der Waals surface area contributed by atoms with Gasteiger partial charge in [-0.1, -0.05) is 72.4 Å². The molecule has 3 aromatic rings. The van der Waals surface area contributed by atoms with Gasteiger partial charge in [-0.15, -0.1) is 10.2 Å². The van der Waals surface area contributed by atoms with Crippen molar-refractivity contribution in [2.24, 2.45) is 0 Å². The van der Waals surface area contributed by atoms with Crippen molar-refractivity contribution in [3.63, 3.8) is 0 Å². The van der Waals surface area contributed by atoms with E-state index in [1.54, 1.807) is 0 Å². The maximum absolute atomic E-state index is 12.8. The SMILES string of the molecule is CC1CCCCN1C(=O)CSc1nnc(Cc2ccccc2)n1Cc1ccccc1. The fourth-order valence-corrected chi connectivity index (χ4v) is 4.78. The Kier molecular flexibility index (Phi) is 6.84. The molecule has 1 aliphatic heterocycles. The fourth-order valence-electron chi connectivity index (χ4n) is 3.94. The van der Waals surface area contributed by atoms with E-state index in [1.807, 2.05) is 41.3 Å². The number of hydrogen-bond acceptors (Lipinski definition) is 4. The lowest BCUT2D eigenvalue weighted by Gasteiger charge is -2.33. The minimum Gasteiger partial charge on any atom is -0.339 e. The van der Waals surface area contributed by atoms with Gasteiger partial charge in [-0.25, -0.2) is 0 Å². The van der Waals surface area contributed by atoms with Gasteiger partial charge in [0.05, 0.1) is 12.3 Å². The lowest BCUT2D eigenvalue weighted by molar-refractivity contribution is -0.131. The van der Waals surface area contributed by atoms with E-state index >= 15 is 0 Å². The topological polar surface area (TPSA) is 51.0 Å². The molecule has 156 valence electrons. The zero-order valence-corrected chi connectivity index (χ0v) is 18.2. The summed E-state index contributed by atoms with van der Waals surface area (Å²) >= 11 is 1.50. The highest BCUT2D eigenvalue weighted by Gasteiger charge is 2.24. The predicted molar refractivity (Wildman–Crippen MR) is 121 cm³/mol. The largest absolute Gasteiger partial charge is 0.339 e. The Morgan fingerprint density at radius 1 is 1.00 bits per heavy atom. The molecule has 1 unspecified atom stereocenters. The summed E-state index contributed by atoms with van der Waals surface area (Å²) in [6.07, 6.45) is 4.14. The van der Waals surface area contributed by atoms with Crippen LogP contribution in [0.5, 0.6) is 0 Å². The third kappa shape index (κ3) is 5.11. The first-order valence-corrected chi connectivity index (χ1v) is 11.6. The van der Waals surface area contributed by atoms with Crippen molar-refractivity contribution < 1.29 is 4.79 Å². The smallest absolute Gasteiger partial charge is 0.233 e. The number of piperidine rings is 1. The second kappa shape index (κ2) is 9.94. The van der Waals surface area contributed by atoms with Crippen LogP contribution in [0.1, 0.15) is 43.1 Å². The first-order chi connectivity index (χ1) is 14.7. The lowest BCUT2D eigenvalue weighted by Crippen LogP contribution is -2.43. The zero-order chi connectivity index (χ0) is 20.8. The number of benzene rings is 2. The molecule has 0 bridgehead atoms. The van der Waals surface area contributed by atoms with Crippen molar-refractivity contribution >= 4 is 17.7 Å². The van der Waals surface area contributed by atoms with Crippen LogP contribution in [0.3, 0.4) is 0 Å². The molecule has 1 fully saturated rings. The second-order valence-corrected chi connectivity index (χ2v) is 8.80. The predicted octanol–water partition coefficient (Wildman–Crippen LogP) is 4.41. The molecule has 1 aromatic heterocycles. The van der Waals surface area contributed by atoms with Crippen LogP contribution in [0.25, 0.3) is 0 Å². The summed E-state index contributed by atoms with van der Waals surface area (Å²) in [7, 11) is 0. The van der Waals surface area contributed by atoms with Crippen molar-refractivity contribution in [2.75, 3.05) is 12.3 Å². The van der Waals surface area contributed by atoms with Crippen LogP contribution < -0.4 is 0 Å². The number of carbonyl (C=O) groups is 1. The van der Waals surface area contributed by atoms with Gasteiger partial charge in [0.25, 0.3) is 0 Å². The minimum atomic E-state index is 0.200. The van der Waals surface area contributed by atoms with Crippen LogP contribution in [0.15, 0.2) is 65.8 Å². The van der Waals surface area contributed by atoms with Crippen LogP contribution in [0.2, 0.25) is 0 Å². The van der Waals surface area contributed by atoms with Gasteiger partial charge in [0.15, 0.2) is 5.16 Å². The van der Waals surface area contributed by atoms with Crippen LogP contribution in [0.4, 0.5) is 0 Å². The molecule has 6 heteroatoms. The van der Waals surface area contributed by atoms with E-state index in [2.05, 4.69) is 46.0 Å². The monoisotopic (exact) mass is 420 g/mol. The summed E-state index contributed by atoms with van der Waals surface area (Å²) in [6.45, 7) is 3.72. The molecular weight excluding hydrogens is 392 g/mol. The van der Waals surface area contributed by atoms with Crippen molar-refractivity contribution in [1.82, 2.24) is 19.7 Å². The van der Waals surface area contributed by atoms with Gasteiger partial charge < -0.3 is 9.47 Å². The van der Waals surface area contributed by atoms with E-state index in [-0.39, 0.29) is 5.91 Å². The van der Waals surface area contributed by atoms with Gasteiger partial charge in [-0.3, -0.25) is 4.79 Å². The summed E-state index contributed by atoms with van der Waals surface area (Å²) < 4.78 is 2.15. The number of aromatic nitrogens is 3. The average Bonchev–Trinajstić information content (AvgIpc) is 3.15. The molecule has 0 saturated carbocycles. The molecule has 0 aliphatic carbocycles. The Bertz CT molecular complexity index is 958. The molecule has 1 aliphatic rings. The van der Waals surface area contributed by atoms with Gasteiger partial charge >= 0.3 is 0 Å². The molecule has 1 saturated heterocycles. The Labute approximate surface area is 182 Å². The molecule has 2 heterocycles. The van der Waals surface area contributed by atoms with Crippen LogP contribution in [-0.4, -0.2) is 43.9 Å². The summed E-state index contributed by atoms with van der Waals surface area (Å²) in [5, 5.41) is 9.74. The molecule has 0 spiro atoms. The van der Waals surface area contributed by atoms with Gasteiger partial charge in [0.1, 0.15) is 5.82 Å². The van der Waals surface area contributed by atoms with Gasteiger partial charge in [0, 0.05) is 19.0 Å². The molecule has 2 aromatic carbocycles. The average molecular weight is 421 g/mol. The number of hydrogen-bond donors (Lipinski definition) is 0. The number of carbonyl (C=O) groups excluding carboxylic acids is 1. The van der Waals surface area contributed by atoms with E-state index in [9.17, 15) is 4.79 Å². The van der Waals surface area contributed by atoms with E-state index in [0.29, 0.717) is 18.3 Å². The Hall–Kier alpha value is -2.60. The van der Waals surface area contributed by atoms with Crippen molar-refractivity contribution in [3.05, 3.63) is 77.6 Å². The standard InChI is InChI=1S/C24H28N4OS/c1-19-10-8-9-15-27(19)23(29)18-30-24-26-25-22(16-20-11-4-2-5-12-20)28(24)17-21-13-6-3-7-14-21/h2-7,11-14,19H,8-10,15-18H2,1H3. The third-order valence-corrected chi connectivity index (χ3v) is 6.58. The molecule has 1 amide bonds. The molecule has 0 N–H and O–H groups in total. The maximum Gasteiger partial charge on any atom is 0.233 e. The molecule has 4 rings (SSSR count). The highest BCUT2D eigenvalue weighted by molar-refractivity contribution is 7.99. The quantitative estimate of drug-likeness (QED) is 0.531. The minimum absolute atomic E-state index is 0.200.